The summed E-state index contributed by atoms with van der Waals surface area (Å²) < 4.78 is 5.91. The SMILES string of the molecule is O=C1OC2(CCN(CCCC3(O)c4ccccc4CCc4ccccc43)CC2)c2ccccc21. The molecular formula is C30H31NO3. The normalized spacial score (nSPS) is 20.2. The third-order valence-electron chi connectivity index (χ3n) is 8.19. The Morgan fingerprint density at radius 2 is 1.35 bits per heavy atom. The van der Waals surface area contributed by atoms with Crippen molar-refractivity contribution in [3.8, 4) is 0 Å². The first-order chi connectivity index (χ1) is 16.6. The second-order valence-corrected chi connectivity index (χ2v) is 10.0. The number of piperidine rings is 1. The van der Waals surface area contributed by atoms with Gasteiger partial charge in [-0.05, 0) is 60.5 Å². The van der Waals surface area contributed by atoms with E-state index in [1.807, 2.05) is 36.4 Å². The summed E-state index contributed by atoms with van der Waals surface area (Å²) in [7, 11) is 0. The standard InChI is InChI=1S/C30H31NO3/c32-28-24-10-3-6-13-27(24)29(34-28)17-20-31(21-18-29)19-7-16-30(33)25-11-4-1-8-22(25)14-15-23-9-2-5-12-26(23)30/h1-6,8-13,33H,7,14-21H2. The maximum absolute atomic E-state index is 12.4. The van der Waals surface area contributed by atoms with E-state index in [1.165, 1.54) is 11.1 Å². The smallest absolute Gasteiger partial charge is 0.339 e. The molecule has 0 unspecified atom stereocenters. The fourth-order valence-corrected chi connectivity index (χ4v) is 6.38. The van der Waals surface area contributed by atoms with E-state index < -0.39 is 11.2 Å². The van der Waals surface area contributed by atoms with Gasteiger partial charge in [-0.2, -0.15) is 0 Å². The third-order valence-corrected chi connectivity index (χ3v) is 8.19. The summed E-state index contributed by atoms with van der Waals surface area (Å²) in [4.78, 5) is 14.8. The Bertz CT molecular complexity index is 1180. The minimum Gasteiger partial charge on any atom is -0.450 e. The Morgan fingerprint density at radius 3 is 2.00 bits per heavy atom. The number of ether oxygens (including phenoxy) is 1. The Balaban J connectivity index is 1.16. The molecule has 1 aliphatic carbocycles. The number of fused-ring (bicyclic) bond motifs is 4. The molecule has 174 valence electrons. The van der Waals surface area contributed by atoms with E-state index in [1.54, 1.807) is 0 Å². The number of carbonyl (C=O) groups is 1. The molecule has 3 aromatic carbocycles. The zero-order valence-electron chi connectivity index (χ0n) is 19.5. The van der Waals surface area contributed by atoms with Gasteiger partial charge in [-0.3, -0.25) is 0 Å². The van der Waals surface area contributed by atoms with Gasteiger partial charge in [0, 0.05) is 31.5 Å². The van der Waals surface area contributed by atoms with Crippen LogP contribution in [0.15, 0.2) is 72.8 Å². The number of carbonyl (C=O) groups excluding carboxylic acids is 1. The largest absolute Gasteiger partial charge is 0.450 e. The van der Waals surface area contributed by atoms with Crippen LogP contribution in [0.2, 0.25) is 0 Å². The minimum atomic E-state index is -0.958. The first-order valence-electron chi connectivity index (χ1n) is 12.5. The molecular weight excluding hydrogens is 422 g/mol. The average Bonchev–Trinajstić information content (AvgIpc) is 3.08. The number of aliphatic hydroxyl groups is 1. The number of aryl methyl sites for hydroxylation is 2. The molecule has 0 amide bonds. The Labute approximate surface area is 201 Å². The summed E-state index contributed by atoms with van der Waals surface area (Å²) >= 11 is 0. The van der Waals surface area contributed by atoms with Gasteiger partial charge in [-0.1, -0.05) is 66.7 Å². The van der Waals surface area contributed by atoms with Crippen molar-refractivity contribution >= 4 is 5.97 Å². The molecule has 1 fully saturated rings. The number of likely N-dealkylation sites (tertiary alicyclic amines) is 1. The third kappa shape index (κ3) is 3.48. The molecule has 4 nitrogen and oxygen atoms in total. The van der Waals surface area contributed by atoms with Crippen LogP contribution in [0.1, 0.15) is 63.9 Å². The van der Waals surface area contributed by atoms with Crippen molar-refractivity contribution in [3.63, 3.8) is 0 Å². The molecule has 2 heterocycles. The van der Waals surface area contributed by atoms with Crippen LogP contribution in [0.5, 0.6) is 0 Å². The van der Waals surface area contributed by atoms with E-state index in [2.05, 4.69) is 41.3 Å². The topological polar surface area (TPSA) is 49.8 Å². The van der Waals surface area contributed by atoms with Crippen LogP contribution >= 0.6 is 0 Å². The van der Waals surface area contributed by atoms with E-state index >= 15 is 0 Å². The van der Waals surface area contributed by atoms with Crippen molar-refractivity contribution < 1.29 is 14.6 Å². The van der Waals surface area contributed by atoms with Crippen LogP contribution in [0, 0.1) is 0 Å². The summed E-state index contributed by atoms with van der Waals surface area (Å²) in [5.41, 5.74) is 5.00. The van der Waals surface area contributed by atoms with Gasteiger partial charge < -0.3 is 14.7 Å². The molecule has 0 aromatic heterocycles. The first kappa shape index (κ1) is 21.6. The van der Waals surface area contributed by atoms with Crippen molar-refractivity contribution in [1.82, 2.24) is 4.90 Å². The van der Waals surface area contributed by atoms with Crippen LogP contribution in [0.4, 0.5) is 0 Å². The van der Waals surface area contributed by atoms with Gasteiger partial charge in [0.1, 0.15) is 11.2 Å². The maximum atomic E-state index is 12.4. The summed E-state index contributed by atoms with van der Waals surface area (Å²) in [6.07, 6.45) is 5.17. The van der Waals surface area contributed by atoms with Gasteiger partial charge in [0.15, 0.2) is 0 Å². The van der Waals surface area contributed by atoms with Crippen LogP contribution in [0.3, 0.4) is 0 Å². The Morgan fingerprint density at radius 1 is 0.794 bits per heavy atom. The molecule has 3 aliphatic rings. The second kappa shape index (κ2) is 8.37. The zero-order valence-corrected chi connectivity index (χ0v) is 19.5. The lowest BCUT2D eigenvalue weighted by Crippen LogP contribution is -2.43. The van der Waals surface area contributed by atoms with Crippen molar-refractivity contribution in [1.29, 1.82) is 0 Å². The van der Waals surface area contributed by atoms with E-state index in [4.69, 9.17) is 4.74 Å². The predicted octanol–water partition coefficient (Wildman–Crippen LogP) is 4.96. The second-order valence-electron chi connectivity index (χ2n) is 10.0. The van der Waals surface area contributed by atoms with Crippen LogP contribution in [-0.2, 0) is 28.8 Å². The number of hydrogen-bond acceptors (Lipinski definition) is 4. The van der Waals surface area contributed by atoms with Gasteiger partial charge in [0.05, 0.1) is 5.56 Å². The van der Waals surface area contributed by atoms with E-state index in [-0.39, 0.29) is 5.97 Å². The Hall–Kier alpha value is -2.95. The predicted molar refractivity (Wildman–Crippen MR) is 132 cm³/mol. The van der Waals surface area contributed by atoms with E-state index in [0.29, 0.717) is 6.42 Å². The number of benzene rings is 3. The molecule has 0 radical (unpaired) electrons. The summed E-state index contributed by atoms with van der Waals surface area (Å²) in [6, 6.07) is 24.6. The summed E-state index contributed by atoms with van der Waals surface area (Å²) in [5, 5.41) is 12.1. The van der Waals surface area contributed by atoms with Crippen molar-refractivity contribution in [2.75, 3.05) is 19.6 Å². The number of hydrogen-bond donors (Lipinski definition) is 1. The van der Waals surface area contributed by atoms with Crippen molar-refractivity contribution in [3.05, 3.63) is 106 Å². The molecule has 3 aromatic rings. The molecule has 34 heavy (non-hydrogen) atoms. The zero-order chi connectivity index (χ0) is 23.2. The fraction of sp³-hybridized carbons (Fsp3) is 0.367. The average molecular weight is 454 g/mol. The molecule has 0 saturated carbocycles. The van der Waals surface area contributed by atoms with Crippen molar-refractivity contribution in [2.24, 2.45) is 0 Å². The summed E-state index contributed by atoms with van der Waals surface area (Å²) in [6.45, 7) is 2.72. The fourth-order valence-electron chi connectivity index (χ4n) is 6.38. The monoisotopic (exact) mass is 453 g/mol. The lowest BCUT2D eigenvalue weighted by atomic mass is 9.80. The molecule has 0 bridgehead atoms. The molecule has 1 saturated heterocycles. The van der Waals surface area contributed by atoms with Gasteiger partial charge in [0.2, 0.25) is 0 Å². The van der Waals surface area contributed by atoms with Gasteiger partial charge in [-0.15, -0.1) is 0 Å². The van der Waals surface area contributed by atoms with E-state index in [9.17, 15) is 9.90 Å². The molecule has 2 aliphatic heterocycles. The highest BCUT2D eigenvalue weighted by molar-refractivity contribution is 5.94. The Kier molecular flexibility index (Phi) is 5.31. The molecule has 6 rings (SSSR count). The lowest BCUT2D eigenvalue weighted by Gasteiger charge is -2.39. The van der Waals surface area contributed by atoms with Gasteiger partial charge >= 0.3 is 5.97 Å². The number of esters is 1. The van der Waals surface area contributed by atoms with E-state index in [0.717, 1.165) is 74.0 Å². The van der Waals surface area contributed by atoms with Crippen LogP contribution in [0.25, 0.3) is 0 Å². The quantitative estimate of drug-likeness (QED) is 0.567. The highest BCUT2D eigenvalue weighted by Crippen LogP contribution is 2.44. The number of rotatable bonds is 4. The maximum Gasteiger partial charge on any atom is 0.339 e. The molecule has 4 heteroatoms. The molecule has 1 spiro atoms. The van der Waals surface area contributed by atoms with Crippen LogP contribution in [-0.4, -0.2) is 35.6 Å². The minimum absolute atomic E-state index is 0.183. The molecule has 0 atom stereocenters. The lowest BCUT2D eigenvalue weighted by molar-refractivity contribution is -0.0438. The van der Waals surface area contributed by atoms with Crippen LogP contribution < -0.4 is 0 Å². The highest BCUT2D eigenvalue weighted by Gasteiger charge is 2.47. The first-order valence-corrected chi connectivity index (χ1v) is 12.5. The van der Waals surface area contributed by atoms with Gasteiger partial charge in [0.25, 0.3) is 0 Å². The summed E-state index contributed by atoms with van der Waals surface area (Å²) in [5.74, 6) is -0.183. The highest BCUT2D eigenvalue weighted by atomic mass is 16.6. The number of nitrogens with zero attached hydrogens (tertiary/aromatic N) is 1. The van der Waals surface area contributed by atoms with Crippen molar-refractivity contribution in [2.45, 2.75) is 49.7 Å². The van der Waals surface area contributed by atoms with Gasteiger partial charge in [-0.25, -0.2) is 4.79 Å². The molecule has 1 N–H and O–H groups in total.